The van der Waals surface area contributed by atoms with E-state index in [-0.39, 0.29) is 11.1 Å². The maximum absolute atomic E-state index is 12.5. The van der Waals surface area contributed by atoms with Crippen molar-refractivity contribution in [3.63, 3.8) is 0 Å². The van der Waals surface area contributed by atoms with Crippen molar-refractivity contribution in [1.82, 2.24) is 10.2 Å². The molecule has 0 aliphatic rings. The smallest absolute Gasteiger partial charge is 0.285 e. The molecule has 86 valence electrons. The summed E-state index contributed by atoms with van der Waals surface area (Å²) in [7, 11) is 0. The zero-order valence-corrected chi connectivity index (χ0v) is 8.42. The lowest BCUT2D eigenvalue weighted by Crippen LogP contribution is -2.05. The Morgan fingerprint density at radius 1 is 1.29 bits per heavy atom. The van der Waals surface area contributed by atoms with Crippen molar-refractivity contribution in [1.29, 1.82) is 5.26 Å². The monoisotopic (exact) mass is 237 g/mol. The van der Waals surface area contributed by atoms with Crippen LogP contribution >= 0.6 is 0 Å². The van der Waals surface area contributed by atoms with Gasteiger partial charge in [-0.1, -0.05) is 0 Å². The first-order valence-corrected chi connectivity index (χ1v) is 4.63. The molecular formula is C11H6F3N3. The van der Waals surface area contributed by atoms with Gasteiger partial charge in [-0.25, -0.2) is 0 Å². The Bertz CT molecular complexity index is 565. The third kappa shape index (κ3) is 2.13. The maximum atomic E-state index is 12.5. The summed E-state index contributed by atoms with van der Waals surface area (Å²) in [6, 6.07) is 4.85. The number of benzene rings is 1. The number of nitrogens with one attached hydrogen (secondary N) is 1. The van der Waals surface area contributed by atoms with E-state index in [1.165, 1.54) is 12.4 Å². The third-order valence-corrected chi connectivity index (χ3v) is 2.28. The highest BCUT2D eigenvalue weighted by molar-refractivity contribution is 5.70. The predicted molar refractivity (Wildman–Crippen MR) is 53.7 cm³/mol. The molecule has 17 heavy (non-hydrogen) atoms. The first-order valence-electron chi connectivity index (χ1n) is 4.63. The van der Waals surface area contributed by atoms with Crippen LogP contribution in [0.3, 0.4) is 0 Å². The molecule has 0 unspecified atom stereocenters. The average molecular weight is 237 g/mol. The van der Waals surface area contributed by atoms with Crippen LogP contribution in [0.2, 0.25) is 0 Å². The molecule has 0 spiro atoms. The number of nitriles is 1. The van der Waals surface area contributed by atoms with Gasteiger partial charge in [0.2, 0.25) is 0 Å². The fourth-order valence-corrected chi connectivity index (χ4v) is 1.46. The second kappa shape index (κ2) is 3.94. The van der Waals surface area contributed by atoms with E-state index in [1.54, 1.807) is 0 Å². The summed E-state index contributed by atoms with van der Waals surface area (Å²) < 4.78 is 37.6. The van der Waals surface area contributed by atoms with Gasteiger partial charge in [-0.05, 0) is 18.2 Å². The Morgan fingerprint density at radius 2 is 2.06 bits per heavy atom. The highest BCUT2D eigenvalue weighted by Gasteiger charge is 2.31. The zero-order chi connectivity index (χ0) is 12.5. The molecule has 0 radical (unpaired) electrons. The van der Waals surface area contributed by atoms with E-state index in [1.807, 2.05) is 6.07 Å². The van der Waals surface area contributed by atoms with E-state index in [4.69, 9.17) is 5.26 Å². The van der Waals surface area contributed by atoms with Gasteiger partial charge in [0.25, 0.3) is 0 Å². The molecular weight excluding hydrogens is 231 g/mol. The molecule has 0 saturated heterocycles. The van der Waals surface area contributed by atoms with Gasteiger partial charge in [0.05, 0.1) is 23.4 Å². The Labute approximate surface area is 94.5 Å². The fraction of sp³-hybridized carbons (Fsp3) is 0.0909. The number of nitrogens with zero attached hydrogens (tertiary/aromatic N) is 2. The quantitative estimate of drug-likeness (QED) is 0.828. The molecule has 1 aromatic heterocycles. The van der Waals surface area contributed by atoms with Crippen LogP contribution in [0.25, 0.3) is 11.1 Å². The average Bonchev–Trinajstić information content (AvgIpc) is 2.80. The van der Waals surface area contributed by atoms with Crippen LogP contribution in [0, 0.1) is 11.3 Å². The van der Waals surface area contributed by atoms with Crippen molar-refractivity contribution < 1.29 is 13.2 Å². The molecule has 0 amide bonds. The van der Waals surface area contributed by atoms with Crippen LogP contribution in [0.4, 0.5) is 13.2 Å². The van der Waals surface area contributed by atoms with E-state index in [0.717, 1.165) is 18.2 Å². The summed E-state index contributed by atoms with van der Waals surface area (Å²) in [4.78, 5) is 0. The lowest BCUT2D eigenvalue weighted by molar-refractivity contribution is -0.137. The topological polar surface area (TPSA) is 52.5 Å². The highest BCUT2D eigenvalue weighted by atomic mass is 19.4. The maximum Gasteiger partial charge on any atom is 0.416 e. The summed E-state index contributed by atoms with van der Waals surface area (Å²) in [5.74, 6) is 0. The molecule has 0 aliphatic carbocycles. The molecule has 0 atom stereocenters. The number of rotatable bonds is 1. The standard InChI is InChI=1S/C11H6F3N3/c12-11(13,14)9-2-1-7(4-15)10(3-9)8-5-16-17-6-8/h1-3,5-6H,(H,16,17). The van der Waals surface area contributed by atoms with Gasteiger partial charge in [0.15, 0.2) is 0 Å². The number of H-pyrrole nitrogens is 1. The minimum absolute atomic E-state index is 0.180. The van der Waals surface area contributed by atoms with E-state index in [2.05, 4.69) is 10.2 Å². The highest BCUT2D eigenvalue weighted by Crippen LogP contribution is 2.33. The van der Waals surface area contributed by atoms with Gasteiger partial charge in [-0.15, -0.1) is 0 Å². The number of halogens is 3. The Hall–Kier alpha value is -2.29. The van der Waals surface area contributed by atoms with Crippen molar-refractivity contribution in [2.45, 2.75) is 6.18 Å². The molecule has 3 nitrogen and oxygen atoms in total. The minimum atomic E-state index is -4.42. The van der Waals surface area contributed by atoms with E-state index >= 15 is 0 Å². The molecule has 1 N–H and O–H groups in total. The van der Waals surface area contributed by atoms with Crippen LogP contribution in [-0.4, -0.2) is 10.2 Å². The summed E-state index contributed by atoms with van der Waals surface area (Å²) in [5.41, 5.74) is 0.0656. The molecule has 0 fully saturated rings. The Balaban J connectivity index is 2.61. The Morgan fingerprint density at radius 3 is 2.59 bits per heavy atom. The summed E-state index contributed by atoms with van der Waals surface area (Å²) in [6.07, 6.45) is -1.61. The SMILES string of the molecule is N#Cc1ccc(C(F)(F)F)cc1-c1cn[nH]c1. The van der Waals surface area contributed by atoms with Crippen LogP contribution in [0.1, 0.15) is 11.1 Å². The molecule has 0 bridgehead atoms. The van der Waals surface area contributed by atoms with E-state index in [9.17, 15) is 13.2 Å². The van der Waals surface area contributed by atoms with Crippen molar-refractivity contribution in [2.75, 3.05) is 0 Å². The van der Waals surface area contributed by atoms with Crippen LogP contribution < -0.4 is 0 Å². The Kier molecular flexibility index (Phi) is 2.60. The van der Waals surface area contributed by atoms with E-state index in [0.29, 0.717) is 5.56 Å². The molecule has 1 heterocycles. The zero-order valence-electron chi connectivity index (χ0n) is 8.42. The van der Waals surface area contributed by atoms with Crippen molar-refractivity contribution in [2.24, 2.45) is 0 Å². The van der Waals surface area contributed by atoms with Crippen LogP contribution in [0.5, 0.6) is 0 Å². The summed E-state index contributed by atoms with van der Waals surface area (Å²) >= 11 is 0. The first-order chi connectivity index (χ1) is 8.02. The van der Waals surface area contributed by atoms with Crippen LogP contribution in [0.15, 0.2) is 30.6 Å². The van der Waals surface area contributed by atoms with Gasteiger partial charge >= 0.3 is 6.18 Å². The van der Waals surface area contributed by atoms with E-state index < -0.39 is 11.7 Å². The van der Waals surface area contributed by atoms with Gasteiger partial charge in [0, 0.05) is 17.3 Å². The number of hydrogen-bond donors (Lipinski definition) is 1. The molecule has 0 aliphatic heterocycles. The second-order valence-corrected chi connectivity index (χ2v) is 3.36. The first kappa shape index (κ1) is 11.2. The predicted octanol–water partition coefficient (Wildman–Crippen LogP) is 2.97. The minimum Gasteiger partial charge on any atom is -0.285 e. The van der Waals surface area contributed by atoms with Crippen LogP contribution in [-0.2, 0) is 6.18 Å². The lowest BCUT2D eigenvalue weighted by atomic mass is 10.00. The van der Waals surface area contributed by atoms with Crippen molar-refractivity contribution >= 4 is 0 Å². The largest absolute Gasteiger partial charge is 0.416 e. The van der Waals surface area contributed by atoms with Gasteiger partial charge in [0.1, 0.15) is 0 Å². The molecule has 6 heteroatoms. The number of alkyl halides is 3. The summed E-state index contributed by atoms with van der Waals surface area (Å²) in [6.45, 7) is 0. The summed E-state index contributed by atoms with van der Waals surface area (Å²) in [5, 5.41) is 15.0. The molecule has 2 rings (SSSR count). The normalized spacial score (nSPS) is 11.2. The van der Waals surface area contributed by atoms with Gasteiger partial charge in [-0.2, -0.15) is 23.5 Å². The van der Waals surface area contributed by atoms with Gasteiger partial charge < -0.3 is 0 Å². The molecule has 1 aromatic carbocycles. The second-order valence-electron chi connectivity index (χ2n) is 3.36. The number of aromatic amines is 1. The number of aromatic nitrogens is 2. The van der Waals surface area contributed by atoms with Crippen molar-refractivity contribution in [3.8, 4) is 17.2 Å². The van der Waals surface area contributed by atoms with Gasteiger partial charge in [-0.3, -0.25) is 5.10 Å². The van der Waals surface area contributed by atoms with Crippen molar-refractivity contribution in [3.05, 3.63) is 41.7 Å². The lowest BCUT2D eigenvalue weighted by Gasteiger charge is -2.09. The molecule has 2 aromatic rings. The molecule has 0 saturated carbocycles. The number of hydrogen-bond acceptors (Lipinski definition) is 2. The fourth-order valence-electron chi connectivity index (χ4n) is 1.46. The third-order valence-electron chi connectivity index (χ3n) is 2.28.